The van der Waals surface area contributed by atoms with E-state index in [4.69, 9.17) is 0 Å². The molecule has 8 heteroatoms. The smallest absolute Gasteiger partial charge is 0.254 e. The molecule has 0 spiro atoms. The molecule has 2 N–H and O–H groups in total. The molecule has 114 valence electrons. The zero-order chi connectivity index (χ0) is 14.0. The Morgan fingerprint density at radius 2 is 2.24 bits per heavy atom. The number of anilines is 1. The molecule has 6 nitrogen and oxygen atoms in total. The van der Waals surface area contributed by atoms with Crippen molar-refractivity contribution >= 4 is 34.8 Å². The number of nitrogens with zero attached hydrogens (tertiary/aromatic N) is 3. The minimum Gasteiger partial charge on any atom is -0.317 e. The third kappa shape index (κ3) is 3.09. The van der Waals surface area contributed by atoms with Crippen molar-refractivity contribution in [3.05, 3.63) is 29.5 Å². The molecule has 0 aromatic carbocycles. The zero-order valence-corrected chi connectivity index (χ0v) is 13.3. The second-order valence-corrected chi connectivity index (χ2v) is 5.84. The van der Waals surface area contributed by atoms with Crippen LogP contribution in [-0.2, 0) is 10.3 Å². The first kappa shape index (κ1) is 15.9. The molecule has 3 heterocycles. The van der Waals surface area contributed by atoms with Crippen LogP contribution in [0.2, 0.25) is 0 Å². The molecule has 3 rings (SSSR count). The summed E-state index contributed by atoms with van der Waals surface area (Å²) in [6.45, 7) is 3.54. The van der Waals surface area contributed by atoms with E-state index < -0.39 is 5.54 Å². The van der Waals surface area contributed by atoms with Gasteiger partial charge in [-0.1, -0.05) is 0 Å². The molecule has 1 fully saturated rings. The number of thiazole rings is 1. The largest absolute Gasteiger partial charge is 0.317 e. The van der Waals surface area contributed by atoms with Gasteiger partial charge in [0.2, 0.25) is 0 Å². The second kappa shape index (κ2) is 6.55. The Labute approximate surface area is 133 Å². The van der Waals surface area contributed by atoms with E-state index in [1.54, 1.807) is 10.9 Å². The maximum absolute atomic E-state index is 12.8. The standard InChI is InChI=1S/C13H17N5OS.ClH/c1-10-9-20-12(16-10)17-11(19)13(3-6-14-7-4-13)18-8-2-5-15-18;/h2,5,8-9,14H,3-4,6-7H2,1H3,(H,16,17,19);1H. The van der Waals surface area contributed by atoms with E-state index >= 15 is 0 Å². The van der Waals surface area contributed by atoms with Crippen LogP contribution in [0, 0.1) is 6.92 Å². The molecular weight excluding hydrogens is 310 g/mol. The topological polar surface area (TPSA) is 71.8 Å². The summed E-state index contributed by atoms with van der Waals surface area (Å²) in [6, 6.07) is 1.85. The number of aromatic nitrogens is 3. The van der Waals surface area contributed by atoms with Gasteiger partial charge in [0.05, 0.1) is 5.69 Å². The number of rotatable bonds is 3. The number of aryl methyl sites for hydroxylation is 1. The Balaban J connectivity index is 0.00000161. The second-order valence-electron chi connectivity index (χ2n) is 4.98. The van der Waals surface area contributed by atoms with Crippen LogP contribution in [0.5, 0.6) is 0 Å². The van der Waals surface area contributed by atoms with E-state index in [2.05, 4.69) is 20.7 Å². The summed E-state index contributed by atoms with van der Waals surface area (Å²) in [7, 11) is 0. The van der Waals surface area contributed by atoms with Crippen LogP contribution in [0.4, 0.5) is 5.13 Å². The van der Waals surface area contributed by atoms with Crippen molar-refractivity contribution in [2.75, 3.05) is 18.4 Å². The molecule has 1 amide bonds. The number of nitrogens with one attached hydrogen (secondary N) is 2. The third-order valence-corrected chi connectivity index (χ3v) is 4.51. The van der Waals surface area contributed by atoms with Gasteiger partial charge in [-0.15, -0.1) is 23.7 Å². The predicted octanol–water partition coefficient (Wildman–Crippen LogP) is 1.79. The Morgan fingerprint density at radius 3 is 2.81 bits per heavy atom. The Morgan fingerprint density at radius 1 is 1.48 bits per heavy atom. The fraction of sp³-hybridized carbons (Fsp3) is 0.462. The summed E-state index contributed by atoms with van der Waals surface area (Å²) >= 11 is 1.45. The van der Waals surface area contributed by atoms with Crippen LogP contribution in [0.15, 0.2) is 23.8 Å². The third-order valence-electron chi connectivity index (χ3n) is 3.64. The SMILES string of the molecule is Cc1csc(NC(=O)C2(n3cccn3)CCNCC2)n1.Cl. The van der Waals surface area contributed by atoms with Gasteiger partial charge in [0, 0.05) is 17.8 Å². The number of carbonyl (C=O) groups is 1. The van der Waals surface area contributed by atoms with Crippen LogP contribution >= 0.6 is 23.7 Å². The molecule has 0 saturated carbocycles. The average molecular weight is 328 g/mol. The first-order valence-corrected chi connectivity index (χ1v) is 7.53. The maximum atomic E-state index is 12.8. The number of hydrogen-bond donors (Lipinski definition) is 2. The van der Waals surface area contributed by atoms with Crippen LogP contribution < -0.4 is 10.6 Å². The highest BCUT2D eigenvalue weighted by molar-refractivity contribution is 7.13. The van der Waals surface area contributed by atoms with Crippen molar-refractivity contribution in [1.82, 2.24) is 20.1 Å². The number of amides is 1. The van der Waals surface area contributed by atoms with Gasteiger partial charge < -0.3 is 5.32 Å². The van der Waals surface area contributed by atoms with Gasteiger partial charge >= 0.3 is 0 Å². The molecule has 1 saturated heterocycles. The zero-order valence-electron chi connectivity index (χ0n) is 11.7. The predicted molar refractivity (Wildman–Crippen MR) is 85.0 cm³/mol. The molecule has 2 aromatic heterocycles. The quantitative estimate of drug-likeness (QED) is 0.901. The van der Waals surface area contributed by atoms with E-state index in [1.807, 2.05) is 24.6 Å². The van der Waals surface area contributed by atoms with Crippen molar-refractivity contribution < 1.29 is 4.79 Å². The van der Waals surface area contributed by atoms with Crippen molar-refractivity contribution in [3.63, 3.8) is 0 Å². The van der Waals surface area contributed by atoms with Gasteiger partial charge in [0.25, 0.3) is 5.91 Å². The molecule has 2 aromatic rings. The molecular formula is C13H18ClN5OS. The Hall–Kier alpha value is -1.44. The normalized spacial score (nSPS) is 17.0. The van der Waals surface area contributed by atoms with E-state index in [1.165, 1.54) is 11.3 Å². The summed E-state index contributed by atoms with van der Waals surface area (Å²) < 4.78 is 1.78. The number of hydrogen-bond acceptors (Lipinski definition) is 5. The molecule has 0 aliphatic carbocycles. The van der Waals surface area contributed by atoms with Crippen LogP contribution in [0.1, 0.15) is 18.5 Å². The lowest BCUT2D eigenvalue weighted by Crippen LogP contribution is -2.52. The summed E-state index contributed by atoms with van der Waals surface area (Å²) in [5.41, 5.74) is 0.303. The molecule has 0 radical (unpaired) electrons. The molecule has 21 heavy (non-hydrogen) atoms. The summed E-state index contributed by atoms with van der Waals surface area (Å²) in [6.07, 6.45) is 5.03. The monoisotopic (exact) mass is 327 g/mol. The van der Waals surface area contributed by atoms with E-state index in [0.717, 1.165) is 31.6 Å². The fourth-order valence-corrected chi connectivity index (χ4v) is 3.23. The Bertz CT molecular complexity index is 591. The lowest BCUT2D eigenvalue weighted by atomic mass is 9.87. The number of halogens is 1. The molecule has 1 aliphatic heterocycles. The van der Waals surface area contributed by atoms with Crippen LogP contribution in [0.25, 0.3) is 0 Å². The van der Waals surface area contributed by atoms with Crippen molar-refractivity contribution in [2.24, 2.45) is 0 Å². The summed E-state index contributed by atoms with van der Waals surface area (Å²) in [5.74, 6) is -0.0305. The molecule has 0 atom stereocenters. The minimum atomic E-state index is -0.617. The lowest BCUT2D eigenvalue weighted by molar-refractivity contribution is -0.126. The fourth-order valence-electron chi connectivity index (χ4n) is 2.55. The number of carbonyl (C=O) groups excluding carboxylic acids is 1. The lowest BCUT2D eigenvalue weighted by Gasteiger charge is -2.36. The van der Waals surface area contributed by atoms with Gasteiger partial charge in [-0.2, -0.15) is 5.10 Å². The van der Waals surface area contributed by atoms with Gasteiger partial charge in [0.1, 0.15) is 5.54 Å². The Kier molecular flexibility index (Phi) is 4.97. The summed E-state index contributed by atoms with van der Waals surface area (Å²) in [4.78, 5) is 17.1. The maximum Gasteiger partial charge on any atom is 0.254 e. The first-order valence-electron chi connectivity index (χ1n) is 6.65. The van der Waals surface area contributed by atoms with Crippen molar-refractivity contribution in [3.8, 4) is 0 Å². The highest BCUT2D eigenvalue weighted by Gasteiger charge is 2.42. The van der Waals surface area contributed by atoms with Crippen LogP contribution in [-0.4, -0.2) is 33.8 Å². The van der Waals surface area contributed by atoms with Gasteiger partial charge in [-0.05, 0) is 38.9 Å². The average Bonchev–Trinajstić information content (AvgIpc) is 3.11. The molecule has 0 unspecified atom stereocenters. The first-order chi connectivity index (χ1) is 9.71. The van der Waals surface area contributed by atoms with Gasteiger partial charge in [-0.25, -0.2) is 4.98 Å². The molecule has 1 aliphatic rings. The van der Waals surface area contributed by atoms with Crippen molar-refractivity contribution in [2.45, 2.75) is 25.3 Å². The molecule has 0 bridgehead atoms. The van der Waals surface area contributed by atoms with E-state index in [-0.39, 0.29) is 18.3 Å². The highest BCUT2D eigenvalue weighted by atomic mass is 35.5. The summed E-state index contributed by atoms with van der Waals surface area (Å²) in [5, 5.41) is 13.1. The van der Waals surface area contributed by atoms with Gasteiger partial charge in [-0.3, -0.25) is 14.8 Å². The van der Waals surface area contributed by atoms with Gasteiger partial charge in [0.15, 0.2) is 5.13 Å². The minimum absolute atomic E-state index is 0. The van der Waals surface area contributed by atoms with Crippen LogP contribution in [0.3, 0.4) is 0 Å². The van der Waals surface area contributed by atoms with E-state index in [9.17, 15) is 4.79 Å². The van der Waals surface area contributed by atoms with Crippen molar-refractivity contribution in [1.29, 1.82) is 0 Å². The highest BCUT2D eigenvalue weighted by Crippen LogP contribution is 2.29. The number of piperidine rings is 1. The van der Waals surface area contributed by atoms with E-state index in [0.29, 0.717) is 5.13 Å².